The zero-order valence-electron chi connectivity index (χ0n) is 11.8. The average molecular weight is 263 g/mol. The van der Waals surface area contributed by atoms with E-state index in [1.165, 1.54) is 0 Å². The van der Waals surface area contributed by atoms with Gasteiger partial charge in [0.25, 0.3) is 0 Å². The first-order chi connectivity index (χ1) is 9.17. The molecular weight excluding hydrogens is 242 g/mol. The second kappa shape index (κ2) is 6.47. The summed E-state index contributed by atoms with van der Waals surface area (Å²) < 4.78 is 7.05. The molecule has 0 aromatic carbocycles. The molecule has 0 aliphatic heterocycles. The molecule has 1 N–H and O–H groups in total. The summed E-state index contributed by atoms with van der Waals surface area (Å²) in [4.78, 5) is 8.63. The molecule has 0 aliphatic rings. The van der Waals surface area contributed by atoms with Crippen molar-refractivity contribution in [2.24, 2.45) is 5.92 Å². The molecule has 0 atom stereocenters. The Morgan fingerprint density at radius 1 is 1.42 bits per heavy atom. The number of aryl methyl sites for hydroxylation is 1. The highest BCUT2D eigenvalue weighted by Crippen LogP contribution is 2.03. The van der Waals surface area contributed by atoms with Crippen LogP contribution in [0.5, 0.6) is 0 Å². The minimum Gasteiger partial charge on any atom is -0.339 e. The van der Waals surface area contributed by atoms with Gasteiger partial charge in [0.2, 0.25) is 5.89 Å². The molecule has 0 bridgehead atoms. The summed E-state index contributed by atoms with van der Waals surface area (Å²) in [5, 5.41) is 7.29. The number of hydrogen-bond donors (Lipinski definition) is 1. The molecule has 0 saturated heterocycles. The SMILES string of the molecule is CCc1nc(Cn2cnc(CNCC(C)C)c2)no1. The lowest BCUT2D eigenvalue weighted by molar-refractivity contribution is 0.375. The maximum atomic E-state index is 5.08. The van der Waals surface area contributed by atoms with Gasteiger partial charge in [-0.1, -0.05) is 25.9 Å². The number of aromatic nitrogens is 4. The van der Waals surface area contributed by atoms with Crippen molar-refractivity contribution in [3.63, 3.8) is 0 Å². The average Bonchev–Trinajstić information content (AvgIpc) is 2.99. The van der Waals surface area contributed by atoms with Crippen molar-refractivity contribution in [1.82, 2.24) is 25.0 Å². The highest BCUT2D eigenvalue weighted by molar-refractivity contribution is 4.98. The first kappa shape index (κ1) is 13.7. The topological polar surface area (TPSA) is 68.8 Å². The Kier molecular flexibility index (Phi) is 4.68. The van der Waals surface area contributed by atoms with E-state index in [0.29, 0.717) is 24.2 Å². The van der Waals surface area contributed by atoms with Crippen molar-refractivity contribution in [1.29, 1.82) is 0 Å². The van der Waals surface area contributed by atoms with Crippen molar-refractivity contribution in [3.05, 3.63) is 29.9 Å². The molecule has 2 aromatic rings. The Morgan fingerprint density at radius 2 is 2.26 bits per heavy atom. The molecule has 0 spiro atoms. The van der Waals surface area contributed by atoms with E-state index < -0.39 is 0 Å². The van der Waals surface area contributed by atoms with Crippen LogP contribution in [0.1, 0.15) is 38.2 Å². The van der Waals surface area contributed by atoms with Crippen molar-refractivity contribution in [3.8, 4) is 0 Å². The zero-order chi connectivity index (χ0) is 13.7. The fourth-order valence-corrected chi connectivity index (χ4v) is 1.73. The van der Waals surface area contributed by atoms with Crippen molar-refractivity contribution < 1.29 is 4.52 Å². The van der Waals surface area contributed by atoms with Gasteiger partial charge in [-0.05, 0) is 12.5 Å². The van der Waals surface area contributed by atoms with Crippen molar-refractivity contribution in [2.45, 2.75) is 40.3 Å². The predicted octanol–water partition coefficient (Wildman–Crippen LogP) is 1.62. The molecule has 0 aliphatic carbocycles. The first-order valence-corrected chi connectivity index (χ1v) is 6.70. The van der Waals surface area contributed by atoms with Gasteiger partial charge in [-0.25, -0.2) is 4.98 Å². The van der Waals surface area contributed by atoms with E-state index in [1.54, 1.807) is 6.33 Å². The van der Waals surface area contributed by atoms with Gasteiger partial charge >= 0.3 is 0 Å². The number of nitrogens with zero attached hydrogens (tertiary/aromatic N) is 4. The Balaban J connectivity index is 1.86. The summed E-state index contributed by atoms with van der Waals surface area (Å²) in [5.41, 5.74) is 1.03. The van der Waals surface area contributed by atoms with Gasteiger partial charge in [0, 0.05) is 19.2 Å². The van der Waals surface area contributed by atoms with Crippen molar-refractivity contribution >= 4 is 0 Å². The lowest BCUT2D eigenvalue weighted by Gasteiger charge is -2.04. The Labute approximate surface area is 113 Å². The van der Waals surface area contributed by atoms with Gasteiger partial charge in [0.05, 0.1) is 18.6 Å². The van der Waals surface area contributed by atoms with Crippen LogP contribution in [0.4, 0.5) is 0 Å². The van der Waals surface area contributed by atoms with Gasteiger partial charge in [-0.3, -0.25) is 0 Å². The molecule has 0 saturated carbocycles. The van der Waals surface area contributed by atoms with E-state index >= 15 is 0 Å². The van der Waals surface area contributed by atoms with Crippen LogP contribution < -0.4 is 5.32 Å². The Bertz CT molecular complexity index is 503. The third-order valence-electron chi connectivity index (χ3n) is 2.68. The molecule has 0 radical (unpaired) electrons. The van der Waals surface area contributed by atoms with Crippen LogP contribution in [0, 0.1) is 5.92 Å². The molecular formula is C13H21N5O. The molecule has 0 fully saturated rings. The molecule has 19 heavy (non-hydrogen) atoms. The first-order valence-electron chi connectivity index (χ1n) is 6.70. The van der Waals surface area contributed by atoms with Gasteiger partial charge in [-0.15, -0.1) is 0 Å². The lowest BCUT2D eigenvalue weighted by Crippen LogP contribution is -2.19. The van der Waals surface area contributed by atoms with E-state index in [2.05, 4.69) is 34.3 Å². The summed E-state index contributed by atoms with van der Waals surface area (Å²) in [5.74, 6) is 2.01. The molecule has 6 nitrogen and oxygen atoms in total. The molecule has 104 valence electrons. The maximum absolute atomic E-state index is 5.08. The Morgan fingerprint density at radius 3 is 2.95 bits per heavy atom. The number of hydrogen-bond acceptors (Lipinski definition) is 5. The van der Waals surface area contributed by atoms with Crippen LogP contribution in [-0.2, 0) is 19.5 Å². The van der Waals surface area contributed by atoms with Crippen LogP contribution in [-0.4, -0.2) is 26.2 Å². The molecule has 0 amide bonds. The molecule has 2 rings (SSSR count). The summed E-state index contributed by atoms with van der Waals surface area (Å²) in [6.07, 6.45) is 4.57. The minimum atomic E-state index is 0.598. The zero-order valence-corrected chi connectivity index (χ0v) is 11.8. The van der Waals surface area contributed by atoms with Crippen LogP contribution in [0.3, 0.4) is 0 Å². The lowest BCUT2D eigenvalue weighted by atomic mass is 10.2. The van der Waals surface area contributed by atoms with E-state index in [4.69, 9.17) is 4.52 Å². The molecule has 0 unspecified atom stereocenters. The number of rotatable bonds is 7. The van der Waals surface area contributed by atoms with Crippen LogP contribution in [0.25, 0.3) is 0 Å². The highest BCUT2D eigenvalue weighted by Gasteiger charge is 2.06. The fourth-order valence-electron chi connectivity index (χ4n) is 1.73. The van der Waals surface area contributed by atoms with Gasteiger partial charge in [-0.2, -0.15) is 4.98 Å². The van der Waals surface area contributed by atoms with Crippen LogP contribution in [0.2, 0.25) is 0 Å². The van der Waals surface area contributed by atoms with Crippen LogP contribution >= 0.6 is 0 Å². The molecule has 2 aromatic heterocycles. The van der Waals surface area contributed by atoms with E-state index in [9.17, 15) is 0 Å². The monoisotopic (exact) mass is 263 g/mol. The normalized spacial score (nSPS) is 11.4. The van der Waals surface area contributed by atoms with Gasteiger partial charge in [0.15, 0.2) is 5.82 Å². The second-order valence-corrected chi connectivity index (χ2v) is 5.02. The third kappa shape index (κ3) is 4.17. The van der Waals surface area contributed by atoms with E-state index in [0.717, 1.165) is 25.2 Å². The smallest absolute Gasteiger partial charge is 0.226 e. The standard InChI is InChI=1S/C13H21N5O/c1-4-13-16-12(17-19-13)8-18-7-11(15-9-18)6-14-5-10(2)3/h7,9-10,14H,4-6,8H2,1-3H3. The van der Waals surface area contributed by atoms with Gasteiger partial charge in [0.1, 0.15) is 0 Å². The summed E-state index contributed by atoms with van der Waals surface area (Å²) in [7, 11) is 0. The quantitative estimate of drug-likeness (QED) is 0.822. The highest BCUT2D eigenvalue weighted by atomic mass is 16.5. The van der Waals surface area contributed by atoms with Crippen LogP contribution in [0.15, 0.2) is 17.0 Å². The summed E-state index contributed by atoms with van der Waals surface area (Å²) in [6, 6.07) is 0. The Hall–Kier alpha value is -1.69. The molecule has 2 heterocycles. The second-order valence-electron chi connectivity index (χ2n) is 5.02. The number of imidazole rings is 1. The predicted molar refractivity (Wildman–Crippen MR) is 71.5 cm³/mol. The summed E-state index contributed by atoms with van der Waals surface area (Å²) in [6.45, 7) is 8.75. The third-order valence-corrected chi connectivity index (χ3v) is 2.68. The minimum absolute atomic E-state index is 0.598. The van der Waals surface area contributed by atoms with Crippen molar-refractivity contribution in [2.75, 3.05) is 6.54 Å². The van der Waals surface area contributed by atoms with E-state index in [-0.39, 0.29) is 0 Å². The maximum Gasteiger partial charge on any atom is 0.226 e. The van der Waals surface area contributed by atoms with E-state index in [1.807, 2.05) is 17.7 Å². The molecule has 6 heteroatoms. The van der Waals surface area contributed by atoms with Gasteiger partial charge < -0.3 is 14.4 Å². The summed E-state index contributed by atoms with van der Waals surface area (Å²) >= 11 is 0. The number of nitrogens with one attached hydrogen (secondary N) is 1. The fraction of sp³-hybridized carbons (Fsp3) is 0.615. The largest absolute Gasteiger partial charge is 0.339 e.